The zero-order valence-corrected chi connectivity index (χ0v) is 15.5. The average Bonchev–Trinajstić information content (AvgIpc) is 3.21. The van der Waals surface area contributed by atoms with Crippen molar-refractivity contribution in [3.8, 4) is 0 Å². The Bertz CT molecular complexity index is 618. The van der Waals surface area contributed by atoms with Crippen molar-refractivity contribution in [2.75, 3.05) is 33.5 Å². The van der Waals surface area contributed by atoms with E-state index in [9.17, 15) is 9.59 Å². The Morgan fingerprint density at radius 3 is 2.42 bits per heavy atom. The van der Waals surface area contributed by atoms with E-state index in [2.05, 4.69) is 0 Å². The lowest BCUT2D eigenvalue weighted by atomic mass is 9.80. The number of ether oxygens (including phenoxy) is 5. The summed E-state index contributed by atoms with van der Waals surface area (Å²) in [6, 6.07) is 0. The molecule has 0 spiro atoms. The standard InChI is InChI=1S/C19H26O7/c1-4-24-16(20)19(17(21)25-5-2)9-13-8-18(13,12-19)10-14(22-3)15-11-23-6-7-26-15/h10-11,13H,4-9,12H2,1-3H3/b14-10-/t13-,18-/m0/s1. The Morgan fingerprint density at radius 1 is 1.19 bits per heavy atom. The normalized spacial score (nSPS) is 28.8. The van der Waals surface area contributed by atoms with Gasteiger partial charge in [0.1, 0.15) is 19.5 Å². The highest BCUT2D eigenvalue weighted by molar-refractivity contribution is 6.01. The molecule has 0 saturated heterocycles. The highest BCUT2D eigenvalue weighted by Crippen LogP contribution is 2.71. The maximum absolute atomic E-state index is 12.6. The summed E-state index contributed by atoms with van der Waals surface area (Å²) in [5, 5.41) is 0. The molecule has 0 bridgehead atoms. The Kier molecular flexibility index (Phi) is 5.16. The van der Waals surface area contributed by atoms with Crippen LogP contribution in [0.5, 0.6) is 0 Å². The van der Waals surface area contributed by atoms with Crippen molar-refractivity contribution in [3.63, 3.8) is 0 Å². The van der Waals surface area contributed by atoms with Crippen LogP contribution in [0.2, 0.25) is 0 Å². The van der Waals surface area contributed by atoms with Gasteiger partial charge in [0.15, 0.2) is 16.9 Å². The molecule has 1 aliphatic heterocycles. The molecule has 144 valence electrons. The molecule has 0 N–H and O–H groups in total. The molecular formula is C19H26O7. The van der Waals surface area contributed by atoms with Crippen LogP contribution in [0.15, 0.2) is 23.9 Å². The second-order valence-electron chi connectivity index (χ2n) is 6.95. The minimum absolute atomic E-state index is 0.214. The van der Waals surface area contributed by atoms with Crippen LogP contribution in [0.3, 0.4) is 0 Å². The van der Waals surface area contributed by atoms with Gasteiger partial charge in [-0.2, -0.15) is 0 Å². The van der Waals surface area contributed by atoms with Crippen molar-refractivity contribution >= 4 is 11.9 Å². The molecule has 0 aromatic rings. The van der Waals surface area contributed by atoms with E-state index in [1.807, 2.05) is 6.08 Å². The number of hydrogen-bond donors (Lipinski definition) is 0. The minimum Gasteiger partial charge on any atom is -0.494 e. The van der Waals surface area contributed by atoms with E-state index in [1.54, 1.807) is 21.0 Å². The zero-order valence-electron chi connectivity index (χ0n) is 15.5. The number of rotatable bonds is 7. The molecule has 0 aromatic heterocycles. The Labute approximate surface area is 153 Å². The lowest BCUT2D eigenvalue weighted by Gasteiger charge is -2.27. The molecule has 0 aromatic carbocycles. The van der Waals surface area contributed by atoms with Crippen LogP contribution in [0.4, 0.5) is 0 Å². The summed E-state index contributed by atoms with van der Waals surface area (Å²) in [4.78, 5) is 25.2. The summed E-state index contributed by atoms with van der Waals surface area (Å²) in [7, 11) is 1.57. The fourth-order valence-electron chi connectivity index (χ4n) is 4.10. The maximum atomic E-state index is 12.6. The van der Waals surface area contributed by atoms with E-state index in [4.69, 9.17) is 23.7 Å². The Morgan fingerprint density at radius 2 is 1.88 bits per heavy atom. The van der Waals surface area contributed by atoms with Gasteiger partial charge in [-0.15, -0.1) is 0 Å². The third-order valence-electron chi connectivity index (χ3n) is 5.37. The molecule has 2 fully saturated rings. The molecule has 3 rings (SSSR count). The van der Waals surface area contributed by atoms with E-state index in [-0.39, 0.29) is 24.5 Å². The van der Waals surface area contributed by atoms with Gasteiger partial charge in [0.25, 0.3) is 0 Å². The lowest BCUT2D eigenvalue weighted by molar-refractivity contribution is -0.172. The van der Waals surface area contributed by atoms with Crippen molar-refractivity contribution in [2.45, 2.75) is 33.1 Å². The summed E-state index contributed by atoms with van der Waals surface area (Å²) >= 11 is 0. The number of carbonyl (C=O) groups excluding carboxylic acids is 2. The van der Waals surface area contributed by atoms with Gasteiger partial charge < -0.3 is 23.7 Å². The van der Waals surface area contributed by atoms with Crippen LogP contribution < -0.4 is 0 Å². The molecule has 2 saturated carbocycles. The predicted octanol–water partition coefficient (Wildman–Crippen LogP) is 2.32. The fraction of sp³-hybridized carbons (Fsp3) is 0.684. The van der Waals surface area contributed by atoms with Gasteiger partial charge in [-0.1, -0.05) is 0 Å². The maximum Gasteiger partial charge on any atom is 0.323 e. The Hall–Kier alpha value is -2.18. The van der Waals surface area contributed by atoms with Crippen LogP contribution in [0.1, 0.15) is 33.1 Å². The fourth-order valence-corrected chi connectivity index (χ4v) is 4.10. The van der Waals surface area contributed by atoms with Crippen LogP contribution >= 0.6 is 0 Å². The van der Waals surface area contributed by atoms with Crippen molar-refractivity contribution < 1.29 is 33.3 Å². The first-order valence-electron chi connectivity index (χ1n) is 9.07. The molecule has 3 aliphatic rings. The molecule has 2 aliphatic carbocycles. The van der Waals surface area contributed by atoms with Crippen molar-refractivity contribution in [3.05, 3.63) is 23.9 Å². The van der Waals surface area contributed by atoms with Gasteiger partial charge in [0, 0.05) is 0 Å². The van der Waals surface area contributed by atoms with E-state index >= 15 is 0 Å². The zero-order chi connectivity index (χ0) is 18.8. The first kappa shape index (κ1) is 18.6. The molecule has 7 heteroatoms. The van der Waals surface area contributed by atoms with Gasteiger partial charge in [0.05, 0.1) is 20.3 Å². The Balaban J connectivity index is 1.86. The molecule has 7 nitrogen and oxygen atoms in total. The van der Waals surface area contributed by atoms with Crippen LogP contribution in [-0.2, 0) is 33.3 Å². The summed E-state index contributed by atoms with van der Waals surface area (Å²) in [6.07, 6.45) is 5.20. The predicted molar refractivity (Wildman–Crippen MR) is 90.6 cm³/mol. The summed E-state index contributed by atoms with van der Waals surface area (Å²) in [5.74, 6) is 0.327. The summed E-state index contributed by atoms with van der Waals surface area (Å²) in [5.41, 5.74) is -1.52. The van der Waals surface area contributed by atoms with Gasteiger partial charge in [-0.3, -0.25) is 9.59 Å². The quantitative estimate of drug-likeness (QED) is 0.388. The lowest BCUT2D eigenvalue weighted by Crippen LogP contribution is -2.41. The number of carbonyl (C=O) groups is 2. The van der Waals surface area contributed by atoms with E-state index < -0.39 is 17.4 Å². The molecule has 2 atom stereocenters. The summed E-state index contributed by atoms with van der Waals surface area (Å²) in [6.45, 7) is 4.89. The average molecular weight is 366 g/mol. The molecule has 26 heavy (non-hydrogen) atoms. The SMILES string of the molecule is CCOC(=O)C1(C(=O)OCC)C[C@@H]2C[C@]2(/C=C(\OC)C2=COCCO2)C1. The highest BCUT2D eigenvalue weighted by atomic mass is 16.6. The van der Waals surface area contributed by atoms with E-state index in [0.29, 0.717) is 37.6 Å². The molecule has 0 unspecified atom stereocenters. The first-order valence-corrected chi connectivity index (χ1v) is 9.07. The smallest absolute Gasteiger partial charge is 0.323 e. The number of fused-ring (bicyclic) bond motifs is 1. The van der Waals surface area contributed by atoms with E-state index in [0.717, 1.165) is 6.42 Å². The third-order valence-corrected chi connectivity index (χ3v) is 5.37. The third kappa shape index (κ3) is 3.15. The van der Waals surface area contributed by atoms with E-state index in [1.165, 1.54) is 6.26 Å². The van der Waals surface area contributed by atoms with Crippen molar-refractivity contribution in [1.29, 1.82) is 0 Å². The molecule has 1 heterocycles. The first-order chi connectivity index (χ1) is 12.5. The van der Waals surface area contributed by atoms with Crippen molar-refractivity contribution in [2.24, 2.45) is 16.7 Å². The van der Waals surface area contributed by atoms with Gasteiger partial charge in [-0.05, 0) is 50.5 Å². The highest BCUT2D eigenvalue weighted by Gasteiger charge is 2.70. The minimum atomic E-state index is -1.23. The monoisotopic (exact) mass is 366 g/mol. The van der Waals surface area contributed by atoms with Crippen molar-refractivity contribution in [1.82, 2.24) is 0 Å². The van der Waals surface area contributed by atoms with Crippen LogP contribution in [0, 0.1) is 16.7 Å². The number of allylic oxidation sites excluding steroid dienone is 1. The second-order valence-corrected chi connectivity index (χ2v) is 6.95. The number of esters is 2. The van der Waals surface area contributed by atoms with Crippen LogP contribution in [-0.4, -0.2) is 45.5 Å². The summed E-state index contributed by atoms with van der Waals surface area (Å²) < 4.78 is 26.8. The molecule has 0 radical (unpaired) electrons. The van der Waals surface area contributed by atoms with Gasteiger partial charge >= 0.3 is 11.9 Å². The second kappa shape index (κ2) is 7.21. The molecular weight excluding hydrogens is 340 g/mol. The van der Waals surface area contributed by atoms with Crippen LogP contribution in [0.25, 0.3) is 0 Å². The van der Waals surface area contributed by atoms with Gasteiger partial charge in [-0.25, -0.2) is 0 Å². The largest absolute Gasteiger partial charge is 0.494 e. The van der Waals surface area contributed by atoms with Gasteiger partial charge in [0.2, 0.25) is 0 Å². The number of methoxy groups -OCH3 is 1. The number of hydrogen-bond acceptors (Lipinski definition) is 7. The topological polar surface area (TPSA) is 80.3 Å². The molecule has 0 amide bonds.